The molecule has 0 saturated carbocycles. The zero-order valence-corrected chi connectivity index (χ0v) is 8.99. The number of nitrogens with zero attached hydrogens (tertiary/aromatic N) is 2. The van der Waals surface area contributed by atoms with Gasteiger partial charge in [0.15, 0.2) is 0 Å². The van der Waals surface area contributed by atoms with E-state index in [0.29, 0.717) is 5.69 Å². The second kappa shape index (κ2) is 4.53. The van der Waals surface area contributed by atoms with Crippen molar-refractivity contribution in [3.8, 4) is 0 Å². The number of hydrogen-bond acceptors (Lipinski definition) is 6. The lowest BCUT2D eigenvalue weighted by molar-refractivity contribution is -0.384. The molecule has 2 aromatic rings. The molecule has 1 heterocycles. The van der Waals surface area contributed by atoms with Crippen LogP contribution in [0.2, 0.25) is 0 Å². The highest BCUT2D eigenvalue weighted by atomic mass is 16.6. The number of nitro benzene ring substituents is 1. The minimum atomic E-state index is -0.602. The molecule has 8 heteroatoms. The second-order valence-electron chi connectivity index (χ2n) is 3.40. The average Bonchev–Trinajstić information content (AvgIpc) is 2.81. The molecule has 0 spiro atoms. The number of benzene rings is 1. The van der Waals surface area contributed by atoms with Gasteiger partial charge in [-0.1, -0.05) is 5.16 Å². The molecule has 18 heavy (non-hydrogen) atoms. The topological polar surface area (TPSA) is 124 Å². The van der Waals surface area contributed by atoms with Gasteiger partial charge in [-0.05, 0) is 6.07 Å². The van der Waals surface area contributed by atoms with Gasteiger partial charge in [-0.3, -0.25) is 14.9 Å². The lowest BCUT2D eigenvalue weighted by atomic mass is 10.1. The Bertz CT molecular complexity index is 594. The Labute approximate surface area is 101 Å². The first-order chi connectivity index (χ1) is 8.58. The average molecular weight is 248 g/mol. The largest absolute Gasteiger partial charge is 0.398 e. The summed E-state index contributed by atoms with van der Waals surface area (Å²) in [6, 6.07) is 3.64. The van der Waals surface area contributed by atoms with E-state index >= 15 is 0 Å². The molecule has 1 aromatic carbocycles. The third kappa shape index (κ3) is 2.26. The molecule has 8 nitrogen and oxygen atoms in total. The van der Waals surface area contributed by atoms with E-state index in [1.54, 1.807) is 0 Å². The Morgan fingerprint density at radius 1 is 1.50 bits per heavy atom. The third-order valence-electron chi connectivity index (χ3n) is 2.18. The van der Waals surface area contributed by atoms with Crippen molar-refractivity contribution in [2.24, 2.45) is 0 Å². The summed E-state index contributed by atoms with van der Waals surface area (Å²) in [5.41, 5.74) is 5.89. The van der Waals surface area contributed by atoms with Crippen LogP contribution >= 0.6 is 0 Å². The summed E-state index contributed by atoms with van der Waals surface area (Å²) in [7, 11) is 0. The molecule has 0 aliphatic heterocycles. The van der Waals surface area contributed by atoms with Crippen molar-refractivity contribution in [2.45, 2.75) is 0 Å². The van der Waals surface area contributed by atoms with Crippen LogP contribution in [0.3, 0.4) is 0 Å². The fourth-order valence-corrected chi connectivity index (χ4v) is 1.32. The smallest absolute Gasteiger partial charge is 0.270 e. The fraction of sp³-hybridized carbons (Fsp3) is 0. The van der Waals surface area contributed by atoms with Gasteiger partial charge in [0.2, 0.25) is 0 Å². The number of non-ortho nitro benzene ring substituents is 1. The molecular formula is C10H8N4O4. The van der Waals surface area contributed by atoms with Gasteiger partial charge in [-0.15, -0.1) is 0 Å². The minimum Gasteiger partial charge on any atom is -0.398 e. The molecule has 0 radical (unpaired) electrons. The molecule has 2 rings (SSSR count). The lowest BCUT2D eigenvalue weighted by Gasteiger charge is -2.04. The van der Waals surface area contributed by atoms with E-state index in [4.69, 9.17) is 5.73 Å². The first-order valence-electron chi connectivity index (χ1n) is 4.82. The van der Waals surface area contributed by atoms with E-state index in [-0.39, 0.29) is 16.9 Å². The Morgan fingerprint density at radius 2 is 2.28 bits per heavy atom. The molecule has 1 aromatic heterocycles. The first-order valence-corrected chi connectivity index (χ1v) is 4.82. The zero-order chi connectivity index (χ0) is 13.1. The summed E-state index contributed by atoms with van der Waals surface area (Å²) in [4.78, 5) is 21.8. The van der Waals surface area contributed by atoms with E-state index in [9.17, 15) is 14.9 Å². The van der Waals surface area contributed by atoms with E-state index in [2.05, 4.69) is 15.0 Å². The van der Waals surface area contributed by atoms with Crippen molar-refractivity contribution in [1.29, 1.82) is 0 Å². The summed E-state index contributed by atoms with van der Waals surface area (Å²) >= 11 is 0. The van der Waals surface area contributed by atoms with Crippen LogP contribution in [0.4, 0.5) is 17.1 Å². The number of rotatable bonds is 3. The molecule has 0 atom stereocenters. The SMILES string of the molecule is Nc1ccc([N+](=O)[O-])cc1C(=O)Nc1cnoc1. The monoisotopic (exact) mass is 248 g/mol. The highest BCUT2D eigenvalue weighted by Crippen LogP contribution is 2.20. The van der Waals surface area contributed by atoms with Crippen LogP contribution in [0.5, 0.6) is 0 Å². The van der Waals surface area contributed by atoms with Gasteiger partial charge in [0.05, 0.1) is 16.7 Å². The molecule has 92 valence electrons. The van der Waals surface area contributed by atoms with Crippen LogP contribution in [-0.2, 0) is 0 Å². The van der Waals surface area contributed by atoms with Gasteiger partial charge in [-0.2, -0.15) is 0 Å². The summed E-state index contributed by atoms with van der Waals surface area (Å²) in [5, 5.41) is 16.5. The second-order valence-corrected chi connectivity index (χ2v) is 3.40. The zero-order valence-electron chi connectivity index (χ0n) is 8.99. The fourth-order valence-electron chi connectivity index (χ4n) is 1.32. The molecule has 1 amide bonds. The number of aromatic nitrogens is 1. The molecule has 0 bridgehead atoms. The van der Waals surface area contributed by atoms with Crippen LogP contribution < -0.4 is 11.1 Å². The number of carbonyl (C=O) groups excluding carboxylic acids is 1. The number of carbonyl (C=O) groups is 1. The Morgan fingerprint density at radius 3 is 2.89 bits per heavy atom. The normalized spacial score (nSPS) is 10.0. The van der Waals surface area contributed by atoms with Gasteiger partial charge in [0.1, 0.15) is 12.0 Å². The van der Waals surface area contributed by atoms with Crippen LogP contribution in [0.1, 0.15) is 10.4 Å². The minimum absolute atomic E-state index is 0.0189. The Balaban J connectivity index is 2.29. The molecule has 0 aliphatic rings. The maximum absolute atomic E-state index is 11.8. The number of nitrogen functional groups attached to an aromatic ring is 1. The lowest BCUT2D eigenvalue weighted by Crippen LogP contribution is -2.13. The molecule has 0 saturated heterocycles. The number of nitrogens with one attached hydrogen (secondary N) is 1. The van der Waals surface area contributed by atoms with E-state index < -0.39 is 10.8 Å². The van der Waals surface area contributed by atoms with Gasteiger partial charge < -0.3 is 15.6 Å². The number of amides is 1. The molecular weight excluding hydrogens is 240 g/mol. The van der Waals surface area contributed by atoms with Crippen LogP contribution in [0.25, 0.3) is 0 Å². The number of anilines is 2. The highest BCUT2D eigenvalue weighted by Gasteiger charge is 2.15. The maximum atomic E-state index is 11.8. The quantitative estimate of drug-likeness (QED) is 0.480. The van der Waals surface area contributed by atoms with Gasteiger partial charge in [-0.25, -0.2) is 0 Å². The number of hydrogen-bond donors (Lipinski definition) is 2. The van der Waals surface area contributed by atoms with Gasteiger partial charge >= 0.3 is 0 Å². The van der Waals surface area contributed by atoms with Crippen molar-refractivity contribution in [3.05, 3.63) is 46.3 Å². The predicted octanol–water partition coefficient (Wildman–Crippen LogP) is 1.42. The molecule has 0 fully saturated rings. The van der Waals surface area contributed by atoms with Crippen LogP contribution in [0.15, 0.2) is 35.2 Å². The van der Waals surface area contributed by atoms with Crippen molar-refractivity contribution >= 4 is 23.0 Å². The summed E-state index contributed by atoms with van der Waals surface area (Å²) < 4.78 is 4.54. The summed E-state index contributed by atoms with van der Waals surface area (Å²) in [6.45, 7) is 0. The van der Waals surface area contributed by atoms with Gasteiger partial charge in [0.25, 0.3) is 11.6 Å². The maximum Gasteiger partial charge on any atom is 0.270 e. The van der Waals surface area contributed by atoms with E-state index in [1.807, 2.05) is 0 Å². The molecule has 3 N–H and O–H groups in total. The van der Waals surface area contributed by atoms with Crippen molar-refractivity contribution in [1.82, 2.24) is 5.16 Å². The Hall–Kier alpha value is -2.90. The Kier molecular flexibility index (Phi) is 2.92. The van der Waals surface area contributed by atoms with Crippen molar-refractivity contribution in [2.75, 3.05) is 11.1 Å². The molecule has 0 aliphatic carbocycles. The third-order valence-corrected chi connectivity index (χ3v) is 2.18. The van der Waals surface area contributed by atoms with Crippen molar-refractivity contribution in [3.63, 3.8) is 0 Å². The number of nitrogens with two attached hydrogens (primary N) is 1. The van der Waals surface area contributed by atoms with Crippen LogP contribution in [-0.4, -0.2) is 16.0 Å². The summed E-state index contributed by atoms with van der Waals surface area (Å²) in [6.07, 6.45) is 2.52. The van der Waals surface area contributed by atoms with Crippen LogP contribution in [0, 0.1) is 10.1 Å². The predicted molar refractivity (Wildman–Crippen MR) is 62.0 cm³/mol. The first kappa shape index (κ1) is 11.6. The molecule has 0 unspecified atom stereocenters. The van der Waals surface area contributed by atoms with E-state index in [0.717, 1.165) is 6.07 Å². The highest BCUT2D eigenvalue weighted by molar-refractivity contribution is 6.08. The standard InChI is InChI=1S/C10H8N4O4/c11-9-2-1-7(14(16)17)3-8(9)10(15)13-6-4-12-18-5-6/h1-5H,11H2,(H,13,15). The number of nitro groups is 1. The van der Waals surface area contributed by atoms with Crippen molar-refractivity contribution < 1.29 is 14.2 Å². The summed E-state index contributed by atoms with van der Waals surface area (Å²) in [5.74, 6) is -0.570. The van der Waals surface area contributed by atoms with Gasteiger partial charge in [0, 0.05) is 17.8 Å². The van der Waals surface area contributed by atoms with E-state index in [1.165, 1.54) is 24.6 Å².